The van der Waals surface area contributed by atoms with Crippen LogP contribution in [-0.4, -0.2) is 18.5 Å². The lowest BCUT2D eigenvalue weighted by atomic mass is 9.87. The summed E-state index contributed by atoms with van der Waals surface area (Å²) in [6, 6.07) is 23.9. The van der Waals surface area contributed by atoms with Gasteiger partial charge in [-0.2, -0.15) is 5.26 Å². The van der Waals surface area contributed by atoms with Crippen molar-refractivity contribution in [2.45, 2.75) is 36.0 Å². The van der Waals surface area contributed by atoms with Crippen LogP contribution < -0.4 is 5.32 Å². The molecule has 1 N–H and O–H groups in total. The summed E-state index contributed by atoms with van der Waals surface area (Å²) < 4.78 is 5.25. The summed E-state index contributed by atoms with van der Waals surface area (Å²) in [5.74, 6) is -1.01. The molecule has 0 saturated carbocycles. The van der Waals surface area contributed by atoms with Gasteiger partial charge in [0.15, 0.2) is 6.61 Å². The molecule has 0 bridgehead atoms. The van der Waals surface area contributed by atoms with Gasteiger partial charge in [0.1, 0.15) is 6.07 Å². The van der Waals surface area contributed by atoms with Gasteiger partial charge in [-0.3, -0.25) is 4.79 Å². The average molecular weight is 445 g/mol. The normalized spacial score (nSPS) is 10.8. The van der Waals surface area contributed by atoms with Crippen molar-refractivity contribution in [3.05, 3.63) is 89.5 Å². The zero-order valence-corrected chi connectivity index (χ0v) is 19.0. The first-order valence-electron chi connectivity index (χ1n) is 10.1. The van der Waals surface area contributed by atoms with E-state index < -0.39 is 18.5 Å². The quantitative estimate of drug-likeness (QED) is 0.486. The van der Waals surface area contributed by atoms with Gasteiger partial charge < -0.3 is 10.1 Å². The Morgan fingerprint density at radius 2 is 1.56 bits per heavy atom. The van der Waals surface area contributed by atoms with Crippen molar-refractivity contribution in [2.24, 2.45) is 0 Å². The van der Waals surface area contributed by atoms with Crippen LogP contribution in [0.2, 0.25) is 0 Å². The summed E-state index contributed by atoms with van der Waals surface area (Å²) in [5, 5.41) is 12.0. The van der Waals surface area contributed by atoms with E-state index in [0.29, 0.717) is 21.7 Å². The van der Waals surface area contributed by atoms with Crippen molar-refractivity contribution in [1.82, 2.24) is 0 Å². The smallest absolute Gasteiger partial charge is 0.339 e. The fourth-order valence-corrected chi connectivity index (χ4v) is 3.97. The molecule has 3 aromatic carbocycles. The van der Waals surface area contributed by atoms with E-state index in [1.807, 2.05) is 42.5 Å². The van der Waals surface area contributed by atoms with Gasteiger partial charge in [0.05, 0.1) is 11.1 Å². The Hall–Kier alpha value is -3.56. The highest BCUT2D eigenvalue weighted by Crippen LogP contribution is 2.33. The molecule has 1 amide bonds. The van der Waals surface area contributed by atoms with Crippen molar-refractivity contribution in [1.29, 1.82) is 5.26 Å². The first-order chi connectivity index (χ1) is 15.3. The maximum absolute atomic E-state index is 12.6. The fourth-order valence-electron chi connectivity index (χ4n) is 2.95. The number of hydrogen-bond donors (Lipinski definition) is 1. The van der Waals surface area contributed by atoms with Gasteiger partial charge in [-0.1, -0.05) is 68.9 Å². The molecule has 3 aromatic rings. The van der Waals surface area contributed by atoms with E-state index in [1.54, 1.807) is 30.3 Å². The van der Waals surface area contributed by atoms with E-state index in [9.17, 15) is 14.9 Å². The van der Waals surface area contributed by atoms with Crippen LogP contribution in [-0.2, 0) is 14.9 Å². The zero-order chi connectivity index (χ0) is 23.1. The standard InChI is InChI=1S/C26H24N2O3S/c1-26(2,3)19-12-14-20(15-13-19)28-24(29)17-31-25(30)21-9-5-7-11-23(21)32-22-10-6-4-8-18(22)16-27/h4-15H,17H2,1-3H3,(H,28,29). The van der Waals surface area contributed by atoms with Crippen molar-refractivity contribution in [2.75, 3.05) is 11.9 Å². The molecule has 0 spiro atoms. The highest BCUT2D eigenvalue weighted by atomic mass is 32.2. The lowest BCUT2D eigenvalue weighted by Crippen LogP contribution is -2.21. The molecule has 32 heavy (non-hydrogen) atoms. The van der Waals surface area contributed by atoms with Crippen molar-refractivity contribution in [3.63, 3.8) is 0 Å². The van der Waals surface area contributed by atoms with E-state index in [1.165, 1.54) is 11.8 Å². The van der Waals surface area contributed by atoms with E-state index in [4.69, 9.17) is 4.74 Å². The van der Waals surface area contributed by atoms with Gasteiger partial charge in [0.2, 0.25) is 0 Å². The first-order valence-corrected chi connectivity index (χ1v) is 10.9. The molecule has 0 fully saturated rings. The number of nitriles is 1. The van der Waals surface area contributed by atoms with Gasteiger partial charge in [0, 0.05) is 15.5 Å². The van der Waals surface area contributed by atoms with E-state index in [0.717, 1.165) is 10.5 Å². The molecule has 0 heterocycles. The van der Waals surface area contributed by atoms with Crippen LogP contribution in [0, 0.1) is 11.3 Å². The first kappa shape index (κ1) is 23.1. The molecule has 0 unspecified atom stereocenters. The molecule has 0 aromatic heterocycles. The Kier molecular flexibility index (Phi) is 7.34. The number of benzene rings is 3. The number of nitrogens with zero attached hydrogens (tertiary/aromatic N) is 1. The third-order valence-corrected chi connectivity index (χ3v) is 5.86. The van der Waals surface area contributed by atoms with Crippen LogP contribution in [0.25, 0.3) is 0 Å². The molecule has 162 valence electrons. The van der Waals surface area contributed by atoms with Crippen molar-refractivity contribution < 1.29 is 14.3 Å². The largest absolute Gasteiger partial charge is 0.452 e. The number of amides is 1. The predicted molar refractivity (Wildman–Crippen MR) is 126 cm³/mol. The Bertz CT molecular complexity index is 1160. The molecule has 6 heteroatoms. The molecular weight excluding hydrogens is 420 g/mol. The third kappa shape index (κ3) is 5.99. The Balaban J connectivity index is 1.63. The molecule has 3 rings (SSSR count). The summed E-state index contributed by atoms with van der Waals surface area (Å²) in [7, 11) is 0. The van der Waals surface area contributed by atoms with E-state index in [2.05, 4.69) is 32.2 Å². The summed E-state index contributed by atoms with van der Waals surface area (Å²) in [6.45, 7) is 5.97. The van der Waals surface area contributed by atoms with E-state index >= 15 is 0 Å². The molecule has 0 atom stereocenters. The minimum atomic E-state index is -0.597. The summed E-state index contributed by atoms with van der Waals surface area (Å²) in [5.41, 5.74) is 2.69. The summed E-state index contributed by atoms with van der Waals surface area (Å²) in [4.78, 5) is 26.3. The van der Waals surface area contributed by atoms with Crippen molar-refractivity contribution in [3.8, 4) is 6.07 Å². The topological polar surface area (TPSA) is 79.2 Å². The Labute approximate surface area is 192 Å². The molecular formula is C26H24N2O3S. The monoisotopic (exact) mass is 444 g/mol. The van der Waals surface area contributed by atoms with Crippen LogP contribution in [0.3, 0.4) is 0 Å². The number of rotatable bonds is 6. The SMILES string of the molecule is CC(C)(C)c1ccc(NC(=O)COC(=O)c2ccccc2Sc2ccccc2C#N)cc1. The highest BCUT2D eigenvalue weighted by Gasteiger charge is 2.17. The van der Waals surface area contributed by atoms with Gasteiger partial charge >= 0.3 is 5.97 Å². The maximum Gasteiger partial charge on any atom is 0.339 e. The maximum atomic E-state index is 12.6. The number of hydrogen-bond acceptors (Lipinski definition) is 5. The predicted octanol–water partition coefficient (Wildman–Crippen LogP) is 5.80. The lowest BCUT2D eigenvalue weighted by Gasteiger charge is -2.19. The van der Waals surface area contributed by atoms with Gasteiger partial charge in [0.25, 0.3) is 5.91 Å². The second kappa shape index (κ2) is 10.2. The molecule has 0 saturated heterocycles. The second-order valence-electron chi connectivity index (χ2n) is 8.16. The van der Waals surface area contributed by atoms with Gasteiger partial charge in [-0.15, -0.1) is 0 Å². The summed E-state index contributed by atoms with van der Waals surface area (Å²) in [6.07, 6.45) is 0. The number of carbonyl (C=O) groups excluding carboxylic acids is 2. The number of carbonyl (C=O) groups is 2. The van der Waals surface area contributed by atoms with Gasteiger partial charge in [-0.25, -0.2) is 4.79 Å². The lowest BCUT2D eigenvalue weighted by molar-refractivity contribution is -0.119. The highest BCUT2D eigenvalue weighted by molar-refractivity contribution is 7.99. The van der Waals surface area contributed by atoms with Crippen LogP contribution in [0.4, 0.5) is 5.69 Å². The Morgan fingerprint density at radius 1 is 0.938 bits per heavy atom. The molecule has 0 aliphatic rings. The minimum Gasteiger partial charge on any atom is -0.452 e. The molecule has 0 aliphatic carbocycles. The number of anilines is 1. The van der Waals surface area contributed by atoms with Crippen LogP contribution in [0.5, 0.6) is 0 Å². The molecule has 0 radical (unpaired) electrons. The molecule has 0 aliphatic heterocycles. The zero-order valence-electron chi connectivity index (χ0n) is 18.2. The van der Waals surface area contributed by atoms with Crippen molar-refractivity contribution >= 4 is 29.3 Å². The van der Waals surface area contributed by atoms with Crippen LogP contribution in [0.15, 0.2) is 82.6 Å². The average Bonchev–Trinajstić information content (AvgIpc) is 2.78. The number of ether oxygens (including phenoxy) is 1. The number of nitrogens with one attached hydrogen (secondary N) is 1. The Morgan fingerprint density at radius 3 is 2.22 bits per heavy atom. The second-order valence-corrected chi connectivity index (χ2v) is 9.24. The molecule has 5 nitrogen and oxygen atoms in total. The van der Waals surface area contributed by atoms with E-state index in [-0.39, 0.29) is 5.41 Å². The fraction of sp³-hybridized carbons (Fsp3) is 0.192. The number of esters is 1. The minimum absolute atomic E-state index is 0.0250. The van der Waals surface area contributed by atoms with Gasteiger partial charge in [-0.05, 0) is 47.4 Å². The third-order valence-electron chi connectivity index (χ3n) is 4.70. The van der Waals surface area contributed by atoms with Crippen LogP contribution in [0.1, 0.15) is 42.3 Å². The van der Waals surface area contributed by atoms with Crippen LogP contribution >= 0.6 is 11.8 Å². The summed E-state index contributed by atoms with van der Waals surface area (Å²) >= 11 is 1.31.